The van der Waals surface area contributed by atoms with E-state index >= 15 is 0 Å². The monoisotopic (exact) mass is 249 g/mol. The van der Waals surface area contributed by atoms with Gasteiger partial charge in [0.15, 0.2) is 0 Å². The maximum atomic E-state index is 11.5. The van der Waals surface area contributed by atoms with Crippen molar-refractivity contribution in [2.75, 3.05) is 19.0 Å². The van der Waals surface area contributed by atoms with Crippen molar-refractivity contribution >= 4 is 21.8 Å². The van der Waals surface area contributed by atoms with Crippen LogP contribution in [0.1, 0.15) is 19.3 Å². The van der Waals surface area contributed by atoms with Gasteiger partial charge in [-0.3, -0.25) is 4.79 Å². The predicted molar refractivity (Wildman–Crippen MR) is 54.9 cm³/mol. The van der Waals surface area contributed by atoms with Crippen LogP contribution in [-0.2, 0) is 9.53 Å². The van der Waals surface area contributed by atoms with E-state index in [1.54, 1.807) is 7.11 Å². The van der Waals surface area contributed by atoms with Crippen molar-refractivity contribution in [3.63, 3.8) is 0 Å². The van der Waals surface area contributed by atoms with E-state index in [-0.39, 0.29) is 17.9 Å². The average molecular weight is 250 g/mol. The Morgan fingerprint density at radius 2 is 2.38 bits per heavy atom. The van der Waals surface area contributed by atoms with Gasteiger partial charge in [0.25, 0.3) is 0 Å². The SMILES string of the molecule is COCC(CBr)NC(=O)C1CCC1. The fourth-order valence-electron chi connectivity index (χ4n) is 1.32. The smallest absolute Gasteiger partial charge is 0.223 e. The summed E-state index contributed by atoms with van der Waals surface area (Å²) in [4.78, 5) is 11.5. The highest BCUT2D eigenvalue weighted by molar-refractivity contribution is 9.09. The normalized spacial score (nSPS) is 19.2. The number of carbonyl (C=O) groups is 1. The number of carbonyl (C=O) groups excluding carboxylic acids is 1. The average Bonchev–Trinajstić information content (AvgIpc) is 2.00. The molecule has 1 unspecified atom stereocenters. The van der Waals surface area contributed by atoms with E-state index in [0.29, 0.717) is 6.61 Å². The van der Waals surface area contributed by atoms with Crippen LogP contribution in [0.3, 0.4) is 0 Å². The zero-order chi connectivity index (χ0) is 9.68. The lowest BCUT2D eigenvalue weighted by Crippen LogP contribution is -2.44. The molecule has 0 bridgehead atoms. The van der Waals surface area contributed by atoms with Crippen LogP contribution in [0.5, 0.6) is 0 Å². The van der Waals surface area contributed by atoms with Crippen molar-refractivity contribution in [3.8, 4) is 0 Å². The van der Waals surface area contributed by atoms with E-state index < -0.39 is 0 Å². The number of alkyl halides is 1. The number of nitrogens with one attached hydrogen (secondary N) is 1. The Kier molecular flexibility index (Phi) is 4.73. The Morgan fingerprint density at radius 3 is 2.77 bits per heavy atom. The molecule has 0 radical (unpaired) electrons. The van der Waals surface area contributed by atoms with E-state index in [1.807, 2.05) is 0 Å². The van der Waals surface area contributed by atoms with E-state index in [1.165, 1.54) is 6.42 Å². The summed E-state index contributed by atoms with van der Waals surface area (Å²) in [5.41, 5.74) is 0. The number of rotatable bonds is 5. The number of amides is 1. The van der Waals surface area contributed by atoms with Crippen molar-refractivity contribution in [2.24, 2.45) is 5.92 Å². The number of ether oxygens (including phenoxy) is 1. The van der Waals surface area contributed by atoms with Gasteiger partial charge in [-0.15, -0.1) is 0 Å². The molecule has 13 heavy (non-hydrogen) atoms. The zero-order valence-electron chi connectivity index (χ0n) is 7.88. The molecule has 1 saturated carbocycles. The van der Waals surface area contributed by atoms with Crippen molar-refractivity contribution in [2.45, 2.75) is 25.3 Å². The first kappa shape index (κ1) is 11.0. The van der Waals surface area contributed by atoms with Gasteiger partial charge in [0, 0.05) is 18.4 Å². The molecule has 4 heteroatoms. The molecule has 1 amide bonds. The standard InChI is InChI=1S/C9H16BrNO2/c1-13-6-8(5-10)11-9(12)7-3-2-4-7/h7-8H,2-6H2,1H3,(H,11,12). The molecule has 1 rings (SSSR count). The Labute approximate surface area is 87.3 Å². The summed E-state index contributed by atoms with van der Waals surface area (Å²) in [6.07, 6.45) is 3.29. The van der Waals surface area contributed by atoms with Gasteiger partial charge < -0.3 is 10.1 Å². The molecule has 1 atom stereocenters. The lowest BCUT2D eigenvalue weighted by atomic mass is 9.84. The molecule has 1 aliphatic rings. The molecule has 0 aromatic rings. The van der Waals surface area contributed by atoms with E-state index in [4.69, 9.17) is 4.74 Å². The van der Waals surface area contributed by atoms with Gasteiger partial charge >= 0.3 is 0 Å². The minimum atomic E-state index is 0.109. The number of hydrogen-bond acceptors (Lipinski definition) is 2. The van der Waals surface area contributed by atoms with E-state index in [0.717, 1.165) is 18.2 Å². The number of hydrogen-bond donors (Lipinski definition) is 1. The highest BCUT2D eigenvalue weighted by Crippen LogP contribution is 2.26. The first-order valence-electron chi connectivity index (χ1n) is 4.63. The summed E-state index contributed by atoms with van der Waals surface area (Å²) in [5.74, 6) is 0.450. The highest BCUT2D eigenvalue weighted by Gasteiger charge is 2.26. The van der Waals surface area contributed by atoms with Gasteiger partial charge in [-0.2, -0.15) is 0 Å². The Hall–Kier alpha value is -0.0900. The molecule has 0 aromatic carbocycles. The molecular weight excluding hydrogens is 234 g/mol. The second-order valence-electron chi connectivity index (χ2n) is 3.44. The van der Waals surface area contributed by atoms with E-state index in [9.17, 15) is 4.79 Å². The molecule has 0 heterocycles. The summed E-state index contributed by atoms with van der Waals surface area (Å²) in [6, 6.07) is 0.109. The summed E-state index contributed by atoms with van der Waals surface area (Å²) in [6.45, 7) is 0.573. The quantitative estimate of drug-likeness (QED) is 0.747. The van der Waals surface area contributed by atoms with Gasteiger partial charge in [-0.05, 0) is 12.8 Å². The minimum absolute atomic E-state index is 0.109. The van der Waals surface area contributed by atoms with Gasteiger partial charge in [-0.1, -0.05) is 22.4 Å². The molecular formula is C9H16BrNO2. The van der Waals surface area contributed by atoms with Gasteiger partial charge in [-0.25, -0.2) is 0 Å². The lowest BCUT2D eigenvalue weighted by molar-refractivity contribution is -0.128. The van der Waals surface area contributed by atoms with E-state index in [2.05, 4.69) is 21.2 Å². The molecule has 3 nitrogen and oxygen atoms in total. The summed E-state index contributed by atoms with van der Waals surface area (Å²) < 4.78 is 4.98. The van der Waals surface area contributed by atoms with Crippen LogP contribution >= 0.6 is 15.9 Å². The minimum Gasteiger partial charge on any atom is -0.383 e. The number of halogens is 1. The van der Waals surface area contributed by atoms with Gasteiger partial charge in [0.05, 0.1) is 12.6 Å². The van der Waals surface area contributed by atoms with Crippen molar-refractivity contribution in [1.29, 1.82) is 0 Å². The fraction of sp³-hybridized carbons (Fsp3) is 0.889. The van der Waals surface area contributed by atoms with Crippen molar-refractivity contribution in [1.82, 2.24) is 5.32 Å². The maximum Gasteiger partial charge on any atom is 0.223 e. The van der Waals surface area contributed by atoms with Gasteiger partial charge in [0.2, 0.25) is 5.91 Å². The first-order chi connectivity index (χ1) is 6.27. The molecule has 0 spiro atoms. The topological polar surface area (TPSA) is 38.3 Å². The predicted octanol–water partition coefficient (Wildman–Crippen LogP) is 1.31. The van der Waals surface area contributed by atoms with Crippen LogP contribution in [0.2, 0.25) is 0 Å². The third-order valence-corrected chi connectivity index (χ3v) is 3.16. The largest absolute Gasteiger partial charge is 0.383 e. The fourth-order valence-corrected chi connectivity index (χ4v) is 1.66. The second-order valence-corrected chi connectivity index (χ2v) is 4.09. The summed E-state index contributed by atoms with van der Waals surface area (Å²) >= 11 is 3.34. The molecule has 1 aliphatic carbocycles. The molecule has 76 valence electrons. The molecule has 0 saturated heterocycles. The molecule has 1 N–H and O–H groups in total. The lowest BCUT2D eigenvalue weighted by Gasteiger charge is -2.26. The van der Waals surface area contributed by atoms with Gasteiger partial charge in [0.1, 0.15) is 0 Å². The van der Waals surface area contributed by atoms with Crippen molar-refractivity contribution < 1.29 is 9.53 Å². The van der Waals surface area contributed by atoms with Crippen LogP contribution in [0.4, 0.5) is 0 Å². The first-order valence-corrected chi connectivity index (χ1v) is 5.75. The number of methoxy groups -OCH3 is 1. The molecule has 0 aromatic heterocycles. The zero-order valence-corrected chi connectivity index (χ0v) is 9.47. The second kappa shape index (κ2) is 5.60. The van der Waals surface area contributed by atoms with Crippen LogP contribution < -0.4 is 5.32 Å². The third-order valence-electron chi connectivity index (χ3n) is 2.38. The van der Waals surface area contributed by atoms with Crippen molar-refractivity contribution in [3.05, 3.63) is 0 Å². The maximum absolute atomic E-state index is 11.5. The third kappa shape index (κ3) is 3.27. The molecule has 0 aliphatic heterocycles. The highest BCUT2D eigenvalue weighted by atomic mass is 79.9. The van der Waals surface area contributed by atoms with Crippen LogP contribution in [0.15, 0.2) is 0 Å². The molecule has 1 fully saturated rings. The Morgan fingerprint density at radius 1 is 1.69 bits per heavy atom. The summed E-state index contributed by atoms with van der Waals surface area (Å²) in [7, 11) is 1.64. The van der Waals surface area contributed by atoms with Crippen LogP contribution in [0, 0.1) is 5.92 Å². The Bertz CT molecular complexity index is 171. The van der Waals surface area contributed by atoms with Crippen LogP contribution in [0.25, 0.3) is 0 Å². The summed E-state index contributed by atoms with van der Waals surface area (Å²) in [5, 5.41) is 3.71. The van der Waals surface area contributed by atoms with Crippen LogP contribution in [-0.4, -0.2) is 31.0 Å². The Balaban J connectivity index is 2.23.